The number of hydrogen-bond donors (Lipinski definition) is 2. The number of guanidine groups is 1. The smallest absolute Gasteiger partial charge is 0.191 e. The van der Waals surface area contributed by atoms with Crippen LogP contribution in [0.25, 0.3) is 0 Å². The number of methoxy groups -OCH3 is 1. The molecule has 0 saturated carbocycles. The van der Waals surface area contributed by atoms with Crippen molar-refractivity contribution in [2.75, 3.05) is 33.9 Å². The molecule has 2 heterocycles. The number of ether oxygens (including phenoxy) is 2. The molecule has 0 bridgehead atoms. The van der Waals surface area contributed by atoms with Gasteiger partial charge >= 0.3 is 0 Å². The van der Waals surface area contributed by atoms with E-state index in [1.54, 1.807) is 14.2 Å². The van der Waals surface area contributed by atoms with Crippen molar-refractivity contribution < 1.29 is 9.47 Å². The fraction of sp³-hybridized carbons (Fsp3) is 0.812. The molecule has 0 amide bonds. The summed E-state index contributed by atoms with van der Waals surface area (Å²) in [7, 11) is 3.44. The van der Waals surface area contributed by atoms with Gasteiger partial charge < -0.3 is 20.1 Å². The fourth-order valence-corrected chi connectivity index (χ4v) is 2.65. The molecule has 1 atom stereocenters. The molecule has 2 rings (SSSR count). The Morgan fingerprint density at radius 2 is 2.24 bits per heavy atom. The van der Waals surface area contributed by atoms with Gasteiger partial charge in [-0.15, -0.1) is 24.0 Å². The lowest BCUT2D eigenvalue weighted by molar-refractivity contribution is 0.135. The van der Waals surface area contributed by atoms with Crippen LogP contribution in [0.5, 0.6) is 0 Å². The average molecular weight is 466 g/mol. The Kier molecular flexibility index (Phi) is 11.0. The first-order valence-electron chi connectivity index (χ1n) is 8.73. The van der Waals surface area contributed by atoms with Crippen LogP contribution in [0, 0.1) is 0 Å². The van der Waals surface area contributed by atoms with Gasteiger partial charge in [0.15, 0.2) is 11.8 Å². The molecule has 0 spiro atoms. The van der Waals surface area contributed by atoms with E-state index in [4.69, 9.17) is 9.47 Å². The van der Waals surface area contributed by atoms with Crippen LogP contribution in [-0.2, 0) is 29.0 Å². The van der Waals surface area contributed by atoms with Gasteiger partial charge in [0.25, 0.3) is 0 Å². The van der Waals surface area contributed by atoms with Crippen LogP contribution in [0.3, 0.4) is 0 Å². The van der Waals surface area contributed by atoms with E-state index in [0.717, 1.165) is 63.0 Å². The van der Waals surface area contributed by atoms with E-state index < -0.39 is 0 Å². The standard InChI is InChI=1S/C16H30N6O2.HI/c1-4-5-9-24-10-8-18-16(17-2)19-13-6-7-15-20-14(12-23-3)21-22(15)11-13;/h13H,4-12H2,1-3H3,(H2,17,18,19);1H. The summed E-state index contributed by atoms with van der Waals surface area (Å²) in [5.41, 5.74) is 0. The lowest BCUT2D eigenvalue weighted by Crippen LogP contribution is -2.47. The van der Waals surface area contributed by atoms with Gasteiger partial charge in [-0.25, -0.2) is 9.67 Å². The van der Waals surface area contributed by atoms with Crippen molar-refractivity contribution in [1.29, 1.82) is 0 Å². The van der Waals surface area contributed by atoms with E-state index in [1.165, 1.54) is 0 Å². The van der Waals surface area contributed by atoms with Gasteiger partial charge in [0, 0.05) is 39.8 Å². The lowest BCUT2D eigenvalue weighted by Gasteiger charge is -2.25. The Hall–Kier alpha value is -0.940. The summed E-state index contributed by atoms with van der Waals surface area (Å²) in [6.45, 7) is 5.68. The molecule has 1 aromatic rings. The molecule has 0 aromatic carbocycles. The molecule has 2 N–H and O–H groups in total. The predicted octanol–water partition coefficient (Wildman–Crippen LogP) is 1.34. The number of aryl methyl sites for hydroxylation is 1. The van der Waals surface area contributed by atoms with Crippen LogP contribution < -0.4 is 10.6 Å². The van der Waals surface area contributed by atoms with Crippen LogP contribution in [0.1, 0.15) is 37.8 Å². The van der Waals surface area contributed by atoms with Crippen LogP contribution in [0.2, 0.25) is 0 Å². The second kappa shape index (κ2) is 12.4. The van der Waals surface area contributed by atoms with E-state index in [0.29, 0.717) is 19.3 Å². The molecule has 1 aromatic heterocycles. The minimum absolute atomic E-state index is 0. The summed E-state index contributed by atoms with van der Waals surface area (Å²) in [5.74, 6) is 2.59. The van der Waals surface area contributed by atoms with Gasteiger partial charge in [-0.2, -0.15) is 5.10 Å². The summed E-state index contributed by atoms with van der Waals surface area (Å²) in [5, 5.41) is 11.2. The van der Waals surface area contributed by atoms with Gasteiger partial charge in [-0.3, -0.25) is 4.99 Å². The summed E-state index contributed by atoms with van der Waals surface area (Å²) in [4.78, 5) is 8.78. The highest BCUT2D eigenvalue weighted by atomic mass is 127. The molecule has 25 heavy (non-hydrogen) atoms. The van der Waals surface area contributed by atoms with Gasteiger partial charge in [0.2, 0.25) is 0 Å². The van der Waals surface area contributed by atoms with E-state index in [1.807, 2.05) is 4.68 Å². The maximum absolute atomic E-state index is 5.55. The Bertz CT molecular complexity index is 523. The Balaban J connectivity index is 0.00000312. The quantitative estimate of drug-likeness (QED) is 0.247. The molecule has 1 unspecified atom stereocenters. The molecular weight excluding hydrogens is 435 g/mol. The molecule has 0 aliphatic carbocycles. The maximum Gasteiger partial charge on any atom is 0.191 e. The summed E-state index contributed by atoms with van der Waals surface area (Å²) < 4.78 is 12.6. The van der Waals surface area contributed by atoms with Crippen LogP contribution in [0.4, 0.5) is 0 Å². The summed E-state index contributed by atoms with van der Waals surface area (Å²) >= 11 is 0. The normalized spacial score (nSPS) is 16.9. The second-order valence-electron chi connectivity index (χ2n) is 5.90. The zero-order valence-electron chi connectivity index (χ0n) is 15.5. The molecule has 0 fully saturated rings. The molecule has 144 valence electrons. The third-order valence-electron chi connectivity index (χ3n) is 3.92. The van der Waals surface area contributed by atoms with Crippen molar-refractivity contribution >= 4 is 29.9 Å². The Morgan fingerprint density at radius 3 is 2.96 bits per heavy atom. The lowest BCUT2D eigenvalue weighted by atomic mass is 10.1. The SMILES string of the molecule is CCCCOCCNC(=NC)NC1CCc2nc(COC)nn2C1.I. The number of rotatable bonds is 9. The highest BCUT2D eigenvalue weighted by Gasteiger charge is 2.22. The number of nitrogens with one attached hydrogen (secondary N) is 2. The number of unbranched alkanes of at least 4 members (excludes halogenated alkanes) is 1. The topological polar surface area (TPSA) is 85.6 Å². The first-order chi connectivity index (χ1) is 11.8. The Labute approximate surface area is 167 Å². The van der Waals surface area contributed by atoms with Gasteiger partial charge in [-0.1, -0.05) is 13.3 Å². The second-order valence-corrected chi connectivity index (χ2v) is 5.90. The highest BCUT2D eigenvalue weighted by Crippen LogP contribution is 2.13. The van der Waals surface area contributed by atoms with E-state index >= 15 is 0 Å². The minimum Gasteiger partial charge on any atom is -0.380 e. The number of aliphatic imine (C=N–C) groups is 1. The molecule has 1 aliphatic rings. The molecule has 0 saturated heterocycles. The first kappa shape index (κ1) is 22.1. The third-order valence-corrected chi connectivity index (χ3v) is 3.92. The summed E-state index contributed by atoms with van der Waals surface area (Å²) in [6, 6.07) is 0.293. The third kappa shape index (κ3) is 7.45. The zero-order valence-corrected chi connectivity index (χ0v) is 17.8. The monoisotopic (exact) mass is 466 g/mol. The van der Waals surface area contributed by atoms with Crippen molar-refractivity contribution in [3.63, 3.8) is 0 Å². The Morgan fingerprint density at radius 1 is 1.40 bits per heavy atom. The van der Waals surface area contributed by atoms with Crippen LogP contribution >= 0.6 is 24.0 Å². The molecule has 8 nitrogen and oxygen atoms in total. The van der Waals surface area contributed by atoms with Crippen molar-refractivity contribution in [3.8, 4) is 0 Å². The number of nitrogens with zero attached hydrogens (tertiary/aromatic N) is 4. The van der Waals surface area contributed by atoms with Crippen molar-refractivity contribution in [3.05, 3.63) is 11.6 Å². The van der Waals surface area contributed by atoms with Crippen molar-refractivity contribution in [1.82, 2.24) is 25.4 Å². The molecule has 1 aliphatic heterocycles. The number of halogens is 1. The molecular formula is C16H31IN6O2. The van der Waals surface area contributed by atoms with Gasteiger partial charge in [0.1, 0.15) is 12.4 Å². The van der Waals surface area contributed by atoms with Crippen LogP contribution in [-0.4, -0.2) is 60.7 Å². The fourth-order valence-electron chi connectivity index (χ4n) is 2.65. The van der Waals surface area contributed by atoms with Gasteiger partial charge in [-0.05, 0) is 12.8 Å². The number of fused-ring (bicyclic) bond motifs is 1. The largest absolute Gasteiger partial charge is 0.380 e. The number of hydrogen-bond acceptors (Lipinski definition) is 5. The highest BCUT2D eigenvalue weighted by molar-refractivity contribution is 14.0. The summed E-state index contributed by atoms with van der Waals surface area (Å²) in [6.07, 6.45) is 4.19. The van der Waals surface area contributed by atoms with E-state index in [9.17, 15) is 0 Å². The first-order valence-corrected chi connectivity index (χ1v) is 8.73. The van der Waals surface area contributed by atoms with Gasteiger partial charge in [0.05, 0.1) is 13.2 Å². The zero-order chi connectivity index (χ0) is 17.2. The van der Waals surface area contributed by atoms with E-state index in [2.05, 4.69) is 32.6 Å². The van der Waals surface area contributed by atoms with Crippen molar-refractivity contribution in [2.24, 2.45) is 4.99 Å². The van der Waals surface area contributed by atoms with Crippen LogP contribution in [0.15, 0.2) is 4.99 Å². The predicted molar refractivity (Wildman–Crippen MR) is 108 cm³/mol. The van der Waals surface area contributed by atoms with Crippen molar-refractivity contribution in [2.45, 2.75) is 51.8 Å². The van der Waals surface area contributed by atoms with E-state index in [-0.39, 0.29) is 24.0 Å². The molecule has 0 radical (unpaired) electrons. The maximum atomic E-state index is 5.55. The number of aromatic nitrogens is 3. The minimum atomic E-state index is 0. The average Bonchev–Trinajstić information content (AvgIpc) is 2.98. The molecule has 9 heteroatoms.